The van der Waals surface area contributed by atoms with E-state index in [9.17, 15) is 4.79 Å². The highest BCUT2D eigenvalue weighted by Crippen LogP contribution is 2.13. The minimum atomic E-state index is 0. The van der Waals surface area contributed by atoms with Crippen molar-refractivity contribution in [3.63, 3.8) is 0 Å². The molecule has 1 heterocycles. The smallest absolute Gasteiger partial charge is 0.242 e. The summed E-state index contributed by atoms with van der Waals surface area (Å²) < 4.78 is 0. The zero-order valence-corrected chi connectivity index (χ0v) is 18.6. The molecule has 0 aliphatic carbocycles. The van der Waals surface area contributed by atoms with E-state index in [0.29, 0.717) is 24.7 Å². The van der Waals surface area contributed by atoms with E-state index in [1.807, 2.05) is 45.8 Å². The monoisotopic (exact) mass is 496 g/mol. The first kappa shape index (κ1) is 22.4. The Morgan fingerprint density at radius 1 is 1.32 bits per heavy atom. The summed E-state index contributed by atoms with van der Waals surface area (Å²) in [7, 11) is 1.77. The highest BCUT2D eigenvalue weighted by atomic mass is 127. The van der Waals surface area contributed by atoms with Crippen molar-refractivity contribution in [1.82, 2.24) is 15.1 Å². The van der Waals surface area contributed by atoms with Crippen LogP contribution in [-0.2, 0) is 11.3 Å². The summed E-state index contributed by atoms with van der Waals surface area (Å²) in [6.07, 6.45) is 3.19. The Balaban J connectivity index is 0.00000312. The average molecular weight is 497 g/mol. The number of piperazine rings is 1. The maximum atomic E-state index is 12.4. The molecule has 1 aromatic rings. The standard InChI is InChI=1S/C17H25ClN4OS.HI/c1-19-17(20-8-3-11-24-2)22-10-9-21(16(23)13-22)12-14-4-6-15(18)7-5-14;/h4-7H,3,8-13H2,1-2H3,(H,19,20);1H. The lowest BCUT2D eigenvalue weighted by Crippen LogP contribution is -2.55. The first-order valence-electron chi connectivity index (χ1n) is 8.11. The molecular formula is C17H26ClIN4OS. The largest absolute Gasteiger partial charge is 0.356 e. The number of hydrogen-bond donors (Lipinski definition) is 1. The third-order valence-corrected chi connectivity index (χ3v) is 4.87. The molecular weight excluding hydrogens is 471 g/mol. The van der Waals surface area contributed by atoms with Gasteiger partial charge in [-0.15, -0.1) is 24.0 Å². The third kappa shape index (κ3) is 7.22. The van der Waals surface area contributed by atoms with Crippen molar-refractivity contribution < 1.29 is 4.79 Å². The second kappa shape index (κ2) is 11.9. The van der Waals surface area contributed by atoms with E-state index in [4.69, 9.17) is 11.6 Å². The molecule has 0 aromatic heterocycles. The molecule has 1 aliphatic heterocycles. The van der Waals surface area contributed by atoms with Crippen molar-refractivity contribution in [2.24, 2.45) is 4.99 Å². The lowest BCUT2D eigenvalue weighted by atomic mass is 10.2. The van der Waals surface area contributed by atoms with Crippen LogP contribution in [0, 0.1) is 0 Å². The molecule has 0 spiro atoms. The Bertz CT molecular complexity index is 570. The zero-order chi connectivity index (χ0) is 17.4. The van der Waals surface area contributed by atoms with Gasteiger partial charge in [-0.3, -0.25) is 9.79 Å². The average Bonchev–Trinajstić information content (AvgIpc) is 2.59. The van der Waals surface area contributed by atoms with E-state index in [0.717, 1.165) is 36.8 Å². The molecule has 1 N–H and O–H groups in total. The Hall–Kier alpha value is -0.670. The summed E-state index contributed by atoms with van der Waals surface area (Å²) in [4.78, 5) is 20.7. The molecule has 0 radical (unpaired) electrons. The van der Waals surface area contributed by atoms with Crippen LogP contribution in [0.3, 0.4) is 0 Å². The van der Waals surface area contributed by atoms with E-state index < -0.39 is 0 Å². The number of hydrogen-bond acceptors (Lipinski definition) is 3. The maximum absolute atomic E-state index is 12.4. The number of benzene rings is 1. The number of nitrogens with one attached hydrogen (secondary N) is 1. The van der Waals surface area contributed by atoms with E-state index >= 15 is 0 Å². The number of halogens is 2. The van der Waals surface area contributed by atoms with Crippen molar-refractivity contribution in [3.05, 3.63) is 34.9 Å². The van der Waals surface area contributed by atoms with Crippen molar-refractivity contribution in [3.8, 4) is 0 Å². The lowest BCUT2D eigenvalue weighted by Gasteiger charge is -2.36. The van der Waals surface area contributed by atoms with E-state index in [2.05, 4.69) is 16.6 Å². The van der Waals surface area contributed by atoms with Gasteiger partial charge in [0.15, 0.2) is 5.96 Å². The van der Waals surface area contributed by atoms with Crippen LogP contribution in [-0.4, -0.2) is 66.9 Å². The molecule has 1 aromatic carbocycles. The number of aliphatic imine (C=N–C) groups is 1. The molecule has 2 rings (SSSR count). The molecule has 1 aliphatic rings. The van der Waals surface area contributed by atoms with Gasteiger partial charge in [0.25, 0.3) is 0 Å². The molecule has 0 bridgehead atoms. The quantitative estimate of drug-likeness (QED) is 0.285. The van der Waals surface area contributed by atoms with Crippen LogP contribution in [0.1, 0.15) is 12.0 Å². The highest BCUT2D eigenvalue weighted by molar-refractivity contribution is 14.0. The van der Waals surface area contributed by atoms with Gasteiger partial charge in [0.1, 0.15) is 0 Å². The number of nitrogens with zero attached hydrogens (tertiary/aromatic N) is 3. The summed E-state index contributed by atoms with van der Waals surface area (Å²) >= 11 is 7.74. The van der Waals surface area contributed by atoms with Gasteiger partial charge in [-0.2, -0.15) is 11.8 Å². The van der Waals surface area contributed by atoms with E-state index in [1.54, 1.807) is 7.05 Å². The summed E-state index contributed by atoms with van der Waals surface area (Å²) in [6, 6.07) is 7.65. The van der Waals surface area contributed by atoms with E-state index in [1.165, 1.54) is 0 Å². The Labute approximate surface area is 176 Å². The Kier molecular flexibility index (Phi) is 10.6. The fourth-order valence-electron chi connectivity index (χ4n) is 2.62. The van der Waals surface area contributed by atoms with Gasteiger partial charge in [-0.1, -0.05) is 23.7 Å². The second-order valence-electron chi connectivity index (χ2n) is 5.68. The molecule has 0 saturated carbocycles. The number of carbonyl (C=O) groups excluding carboxylic acids is 1. The number of rotatable bonds is 6. The van der Waals surface area contributed by atoms with Crippen LogP contribution in [0.4, 0.5) is 0 Å². The molecule has 1 amide bonds. The first-order chi connectivity index (χ1) is 11.6. The fraction of sp³-hybridized carbons (Fsp3) is 0.529. The molecule has 25 heavy (non-hydrogen) atoms. The molecule has 5 nitrogen and oxygen atoms in total. The van der Waals surface area contributed by atoms with Crippen molar-refractivity contribution in [1.29, 1.82) is 0 Å². The van der Waals surface area contributed by atoms with Crippen molar-refractivity contribution in [2.45, 2.75) is 13.0 Å². The van der Waals surface area contributed by atoms with Gasteiger partial charge < -0.3 is 15.1 Å². The van der Waals surface area contributed by atoms with Crippen LogP contribution in [0.15, 0.2) is 29.3 Å². The first-order valence-corrected chi connectivity index (χ1v) is 9.88. The zero-order valence-electron chi connectivity index (χ0n) is 14.7. The maximum Gasteiger partial charge on any atom is 0.242 e. The fourth-order valence-corrected chi connectivity index (χ4v) is 3.17. The minimum Gasteiger partial charge on any atom is -0.356 e. The van der Waals surface area contributed by atoms with Crippen LogP contribution in [0.25, 0.3) is 0 Å². The lowest BCUT2D eigenvalue weighted by molar-refractivity contribution is -0.135. The molecule has 140 valence electrons. The van der Waals surface area contributed by atoms with Gasteiger partial charge in [0.2, 0.25) is 5.91 Å². The van der Waals surface area contributed by atoms with Gasteiger partial charge in [0, 0.05) is 38.2 Å². The second-order valence-corrected chi connectivity index (χ2v) is 7.11. The van der Waals surface area contributed by atoms with Crippen LogP contribution in [0.2, 0.25) is 5.02 Å². The molecule has 0 atom stereocenters. The van der Waals surface area contributed by atoms with Gasteiger partial charge >= 0.3 is 0 Å². The highest BCUT2D eigenvalue weighted by Gasteiger charge is 2.25. The van der Waals surface area contributed by atoms with Crippen LogP contribution >= 0.6 is 47.3 Å². The van der Waals surface area contributed by atoms with Crippen LogP contribution < -0.4 is 5.32 Å². The Morgan fingerprint density at radius 3 is 2.64 bits per heavy atom. The summed E-state index contributed by atoms with van der Waals surface area (Å²) in [5.74, 6) is 2.07. The summed E-state index contributed by atoms with van der Waals surface area (Å²) in [5, 5.41) is 4.06. The van der Waals surface area contributed by atoms with Crippen LogP contribution in [0.5, 0.6) is 0 Å². The van der Waals surface area contributed by atoms with E-state index in [-0.39, 0.29) is 29.9 Å². The van der Waals surface area contributed by atoms with Crippen molar-refractivity contribution in [2.75, 3.05) is 45.2 Å². The Morgan fingerprint density at radius 2 is 2.04 bits per heavy atom. The van der Waals surface area contributed by atoms with Gasteiger partial charge in [0.05, 0.1) is 6.54 Å². The minimum absolute atomic E-state index is 0. The number of thioether (sulfide) groups is 1. The number of amides is 1. The number of guanidine groups is 1. The molecule has 1 fully saturated rings. The topological polar surface area (TPSA) is 47.9 Å². The predicted molar refractivity (Wildman–Crippen MR) is 118 cm³/mol. The molecule has 1 saturated heterocycles. The normalized spacial score (nSPS) is 15.2. The summed E-state index contributed by atoms with van der Waals surface area (Å²) in [6.45, 7) is 3.38. The third-order valence-electron chi connectivity index (χ3n) is 3.93. The van der Waals surface area contributed by atoms with Gasteiger partial charge in [-0.05, 0) is 36.1 Å². The SMILES string of the molecule is CN=C(NCCCSC)N1CCN(Cc2ccc(Cl)cc2)C(=O)C1.I. The van der Waals surface area contributed by atoms with Gasteiger partial charge in [-0.25, -0.2) is 0 Å². The molecule has 0 unspecified atom stereocenters. The predicted octanol–water partition coefficient (Wildman–Crippen LogP) is 2.93. The van der Waals surface area contributed by atoms with Crippen molar-refractivity contribution >= 4 is 59.2 Å². The summed E-state index contributed by atoms with van der Waals surface area (Å²) in [5.41, 5.74) is 1.10. The number of carbonyl (C=O) groups is 1. The molecule has 8 heteroatoms.